The van der Waals surface area contributed by atoms with Gasteiger partial charge in [-0.05, 0) is 75.7 Å². The van der Waals surface area contributed by atoms with Crippen molar-refractivity contribution in [3.8, 4) is 12.3 Å². The van der Waals surface area contributed by atoms with Crippen LogP contribution in [0, 0.1) is 12.3 Å². The van der Waals surface area contributed by atoms with Crippen LogP contribution < -0.4 is 4.90 Å². The number of nitrogens with zero attached hydrogens (tertiary/aromatic N) is 2. The number of carbonyl (C=O) groups excluding carboxylic acids is 2. The van der Waals surface area contributed by atoms with Crippen LogP contribution in [0.1, 0.15) is 45.7 Å². The molecule has 27 heavy (non-hydrogen) atoms. The van der Waals surface area contributed by atoms with Crippen molar-refractivity contribution in [2.24, 2.45) is 0 Å². The van der Waals surface area contributed by atoms with Crippen LogP contribution in [-0.4, -0.2) is 34.2 Å². The van der Waals surface area contributed by atoms with Gasteiger partial charge in [-0.15, -0.1) is 6.42 Å². The predicted molar refractivity (Wildman–Crippen MR) is 113 cm³/mol. The normalized spacial score (nSPS) is 20.2. The third-order valence-corrected chi connectivity index (χ3v) is 5.74. The highest BCUT2D eigenvalue weighted by Gasteiger charge is 2.35. The van der Waals surface area contributed by atoms with Gasteiger partial charge < -0.3 is 4.90 Å². The smallest absolute Gasteiger partial charge is 0.294 e. The van der Waals surface area contributed by atoms with Gasteiger partial charge in [0.1, 0.15) is 0 Å². The summed E-state index contributed by atoms with van der Waals surface area (Å²) in [5.41, 5.74) is 4.39. The standard InChI is InChI=1S/C22H24N2O2S/c1-7-10-23-20(25)19(27-21(23)26)12-16-8-9-18-17(11-16)15(4)13-22(5,6)24(18)14(2)3/h1,8-9,11-14H,10H2,2-6H3/b19-12-. The number of amides is 2. The zero-order chi connectivity index (χ0) is 19.9. The molecule has 2 heterocycles. The second kappa shape index (κ2) is 6.94. The Balaban J connectivity index is 2.01. The summed E-state index contributed by atoms with van der Waals surface area (Å²) in [6, 6.07) is 6.54. The zero-order valence-corrected chi connectivity index (χ0v) is 17.2. The molecular weight excluding hydrogens is 356 g/mol. The zero-order valence-electron chi connectivity index (χ0n) is 16.4. The summed E-state index contributed by atoms with van der Waals surface area (Å²) in [7, 11) is 0. The van der Waals surface area contributed by atoms with Gasteiger partial charge >= 0.3 is 0 Å². The number of hydrogen-bond donors (Lipinski definition) is 0. The molecule has 140 valence electrons. The van der Waals surface area contributed by atoms with Gasteiger partial charge in [0.25, 0.3) is 11.1 Å². The highest BCUT2D eigenvalue weighted by atomic mass is 32.2. The first-order chi connectivity index (χ1) is 12.7. The monoisotopic (exact) mass is 380 g/mol. The van der Waals surface area contributed by atoms with E-state index >= 15 is 0 Å². The second-order valence-electron chi connectivity index (χ2n) is 7.69. The number of imide groups is 1. The number of benzene rings is 1. The number of carbonyl (C=O) groups is 2. The molecule has 0 aromatic heterocycles. The Labute approximate surface area is 165 Å². The van der Waals surface area contributed by atoms with E-state index in [1.807, 2.05) is 6.07 Å². The van der Waals surface area contributed by atoms with Crippen molar-refractivity contribution in [1.29, 1.82) is 0 Å². The maximum atomic E-state index is 12.4. The third-order valence-electron chi connectivity index (χ3n) is 4.83. The van der Waals surface area contributed by atoms with Crippen molar-refractivity contribution in [1.82, 2.24) is 4.90 Å². The molecule has 5 heteroatoms. The minimum absolute atomic E-state index is 0.00642. The van der Waals surface area contributed by atoms with E-state index in [0.717, 1.165) is 27.8 Å². The first kappa shape index (κ1) is 19.3. The van der Waals surface area contributed by atoms with Gasteiger partial charge in [0.2, 0.25) is 0 Å². The lowest BCUT2D eigenvalue weighted by atomic mass is 9.87. The van der Waals surface area contributed by atoms with E-state index in [1.165, 1.54) is 11.3 Å². The quantitative estimate of drug-likeness (QED) is 0.560. The van der Waals surface area contributed by atoms with Crippen molar-refractivity contribution in [3.63, 3.8) is 0 Å². The van der Waals surface area contributed by atoms with Crippen LogP contribution in [0.2, 0.25) is 0 Å². The Kier molecular flexibility index (Phi) is 4.96. The summed E-state index contributed by atoms with van der Waals surface area (Å²) in [4.78, 5) is 28.3. The lowest BCUT2D eigenvalue weighted by molar-refractivity contribution is -0.122. The van der Waals surface area contributed by atoms with Crippen LogP contribution in [-0.2, 0) is 4.79 Å². The Morgan fingerprint density at radius 3 is 2.63 bits per heavy atom. The number of allylic oxidation sites excluding steroid dienone is 1. The fourth-order valence-corrected chi connectivity index (χ4v) is 4.82. The average Bonchev–Trinajstić information content (AvgIpc) is 2.82. The van der Waals surface area contributed by atoms with Crippen LogP contribution in [0.15, 0.2) is 29.2 Å². The molecule has 1 aromatic carbocycles. The van der Waals surface area contributed by atoms with E-state index in [-0.39, 0.29) is 23.2 Å². The second-order valence-corrected chi connectivity index (χ2v) is 8.69. The summed E-state index contributed by atoms with van der Waals surface area (Å²) in [6.45, 7) is 10.9. The molecule has 0 unspecified atom stereocenters. The molecule has 0 saturated carbocycles. The van der Waals surface area contributed by atoms with Crippen LogP contribution >= 0.6 is 11.8 Å². The summed E-state index contributed by atoms with van der Waals surface area (Å²) in [5.74, 6) is 2.03. The summed E-state index contributed by atoms with van der Waals surface area (Å²) < 4.78 is 0. The molecule has 1 aromatic rings. The van der Waals surface area contributed by atoms with Gasteiger partial charge in [0.05, 0.1) is 17.0 Å². The molecule has 2 amide bonds. The maximum absolute atomic E-state index is 12.4. The van der Waals surface area contributed by atoms with Gasteiger partial charge in [-0.3, -0.25) is 14.5 Å². The molecule has 0 atom stereocenters. The molecule has 1 saturated heterocycles. The van der Waals surface area contributed by atoms with E-state index in [0.29, 0.717) is 10.9 Å². The first-order valence-corrected chi connectivity index (χ1v) is 9.79. The summed E-state index contributed by atoms with van der Waals surface area (Å²) in [6.07, 6.45) is 9.30. The van der Waals surface area contributed by atoms with E-state index in [1.54, 1.807) is 6.08 Å². The van der Waals surface area contributed by atoms with Crippen molar-refractivity contribution in [2.75, 3.05) is 11.4 Å². The fraction of sp³-hybridized carbons (Fsp3) is 0.364. The number of terminal acetylenes is 1. The van der Waals surface area contributed by atoms with Crippen LogP contribution in [0.5, 0.6) is 0 Å². The van der Waals surface area contributed by atoms with Crippen molar-refractivity contribution in [2.45, 2.75) is 46.2 Å². The highest BCUT2D eigenvalue weighted by molar-refractivity contribution is 8.18. The number of fused-ring (bicyclic) bond motifs is 1. The Bertz CT molecular complexity index is 919. The van der Waals surface area contributed by atoms with E-state index < -0.39 is 0 Å². The SMILES string of the molecule is C#CCN1C(=O)S/C(=C\c2ccc3c(c2)C(C)=CC(C)(C)N3C(C)C)C1=O. The molecule has 0 N–H and O–H groups in total. The molecule has 1 fully saturated rings. The molecule has 2 aliphatic heterocycles. The lowest BCUT2D eigenvalue weighted by Gasteiger charge is -2.46. The topological polar surface area (TPSA) is 40.6 Å². The number of hydrogen-bond acceptors (Lipinski definition) is 4. The Morgan fingerprint density at radius 2 is 2.00 bits per heavy atom. The highest BCUT2D eigenvalue weighted by Crippen LogP contribution is 2.41. The molecule has 0 radical (unpaired) electrons. The van der Waals surface area contributed by atoms with Gasteiger partial charge in [-0.2, -0.15) is 0 Å². The van der Waals surface area contributed by atoms with E-state index in [4.69, 9.17) is 6.42 Å². The molecule has 2 aliphatic rings. The van der Waals surface area contributed by atoms with Crippen molar-refractivity contribution >= 4 is 40.2 Å². The lowest BCUT2D eigenvalue weighted by Crippen LogP contribution is -2.49. The largest absolute Gasteiger partial charge is 0.360 e. The van der Waals surface area contributed by atoms with Crippen molar-refractivity contribution < 1.29 is 9.59 Å². The number of rotatable bonds is 3. The Hall–Kier alpha value is -2.45. The van der Waals surface area contributed by atoms with Gasteiger partial charge in [0.15, 0.2) is 0 Å². The van der Waals surface area contributed by atoms with Gasteiger partial charge in [-0.25, -0.2) is 0 Å². The predicted octanol–water partition coefficient (Wildman–Crippen LogP) is 4.77. The average molecular weight is 381 g/mol. The maximum Gasteiger partial charge on any atom is 0.294 e. The molecule has 4 nitrogen and oxygen atoms in total. The molecular formula is C22H24N2O2S. The van der Waals surface area contributed by atoms with Gasteiger partial charge in [-0.1, -0.05) is 18.1 Å². The van der Waals surface area contributed by atoms with Crippen molar-refractivity contribution in [3.05, 3.63) is 40.3 Å². The molecule has 0 aliphatic carbocycles. The third kappa shape index (κ3) is 3.42. The number of thioether (sulfide) groups is 1. The summed E-state index contributed by atoms with van der Waals surface area (Å²) >= 11 is 0.938. The molecule has 3 rings (SSSR count). The fourth-order valence-electron chi connectivity index (χ4n) is 3.98. The van der Waals surface area contributed by atoms with Crippen LogP contribution in [0.25, 0.3) is 11.6 Å². The van der Waals surface area contributed by atoms with Gasteiger partial charge in [0, 0.05) is 17.3 Å². The number of anilines is 1. The van der Waals surface area contributed by atoms with E-state index in [2.05, 4.69) is 63.6 Å². The Morgan fingerprint density at radius 1 is 1.30 bits per heavy atom. The molecule has 0 spiro atoms. The summed E-state index contributed by atoms with van der Waals surface area (Å²) in [5, 5.41) is -0.314. The van der Waals surface area contributed by atoms with Crippen LogP contribution in [0.4, 0.5) is 10.5 Å². The first-order valence-electron chi connectivity index (χ1n) is 8.98. The van der Waals surface area contributed by atoms with Crippen LogP contribution in [0.3, 0.4) is 0 Å². The minimum Gasteiger partial charge on any atom is -0.360 e. The van der Waals surface area contributed by atoms with E-state index in [9.17, 15) is 9.59 Å². The minimum atomic E-state index is -0.321. The molecule has 0 bridgehead atoms.